The van der Waals surface area contributed by atoms with Gasteiger partial charge >= 0.3 is 5.97 Å². The van der Waals surface area contributed by atoms with Crippen LogP contribution in [-0.2, 0) is 10.1 Å². The third-order valence-corrected chi connectivity index (χ3v) is 5.39. The second kappa shape index (κ2) is 9.27. The number of carbonyl (C=O) groups excluding carboxylic acids is 1. The highest BCUT2D eigenvalue weighted by atomic mass is 79.9. The molecule has 0 amide bonds. The second-order valence-corrected chi connectivity index (χ2v) is 7.70. The van der Waals surface area contributed by atoms with E-state index in [9.17, 15) is 4.79 Å². The molecule has 3 rings (SSSR count). The normalized spacial score (nSPS) is 10.8. The van der Waals surface area contributed by atoms with Gasteiger partial charge in [-0.3, -0.25) is 4.98 Å². The Morgan fingerprint density at radius 2 is 1.68 bits per heavy atom. The molecule has 2 aromatic carbocycles. The van der Waals surface area contributed by atoms with E-state index in [4.69, 9.17) is 44.5 Å². The number of alkyl halides is 1. The van der Waals surface area contributed by atoms with Gasteiger partial charge in [0, 0.05) is 37.1 Å². The summed E-state index contributed by atoms with van der Waals surface area (Å²) in [7, 11) is 0. The maximum Gasteiger partial charge on any atom is 0.340 e. The summed E-state index contributed by atoms with van der Waals surface area (Å²) in [5, 5.41) is 2.01. The molecule has 0 aliphatic carbocycles. The van der Waals surface area contributed by atoms with Crippen molar-refractivity contribution in [3.63, 3.8) is 0 Å². The molecule has 0 bridgehead atoms. The zero-order valence-corrected chi connectivity index (χ0v) is 18.7. The molecule has 1 aromatic heterocycles. The molecule has 28 heavy (non-hydrogen) atoms. The number of carbonyl (C=O) groups is 1. The highest BCUT2D eigenvalue weighted by Gasteiger charge is 2.21. The summed E-state index contributed by atoms with van der Waals surface area (Å²) in [6.45, 7) is 2.04. The van der Waals surface area contributed by atoms with Gasteiger partial charge in [-0.15, -0.1) is 0 Å². The van der Waals surface area contributed by atoms with E-state index in [0.717, 1.165) is 11.1 Å². The van der Waals surface area contributed by atoms with E-state index in [1.807, 2.05) is 18.2 Å². The number of ether oxygens (including phenoxy) is 1. The van der Waals surface area contributed by atoms with E-state index >= 15 is 0 Å². The number of esters is 1. The molecule has 3 nitrogen and oxygen atoms in total. The van der Waals surface area contributed by atoms with Crippen molar-refractivity contribution in [2.75, 3.05) is 6.61 Å². The highest BCUT2D eigenvalue weighted by molar-refractivity contribution is 9.08. The summed E-state index contributed by atoms with van der Waals surface area (Å²) in [6, 6.07) is 14.3. The predicted molar refractivity (Wildman–Crippen MR) is 119 cm³/mol. The molecule has 7 heteroatoms. The lowest BCUT2D eigenvalue weighted by Crippen LogP contribution is -2.10. The van der Waals surface area contributed by atoms with Crippen molar-refractivity contribution < 1.29 is 9.53 Å². The number of halogens is 4. The van der Waals surface area contributed by atoms with Crippen LogP contribution in [0, 0.1) is 0 Å². The van der Waals surface area contributed by atoms with E-state index in [2.05, 4.69) is 15.9 Å². The Morgan fingerprint density at radius 1 is 1.00 bits per heavy atom. The average molecular weight is 500 g/mol. The smallest absolute Gasteiger partial charge is 0.340 e. The Hall–Kier alpha value is -1.59. The Bertz CT molecular complexity index is 1020. The lowest BCUT2D eigenvalue weighted by Gasteiger charge is -2.16. The van der Waals surface area contributed by atoms with E-state index < -0.39 is 5.97 Å². The van der Waals surface area contributed by atoms with Gasteiger partial charge in [-0.1, -0.05) is 68.9 Å². The monoisotopic (exact) mass is 497 g/mol. The van der Waals surface area contributed by atoms with Crippen LogP contribution in [0.5, 0.6) is 0 Å². The second-order valence-electron chi connectivity index (χ2n) is 5.86. The van der Waals surface area contributed by atoms with Gasteiger partial charge in [-0.25, -0.2) is 4.79 Å². The van der Waals surface area contributed by atoms with E-state index in [0.29, 0.717) is 42.9 Å². The van der Waals surface area contributed by atoms with Gasteiger partial charge < -0.3 is 4.74 Å². The van der Waals surface area contributed by atoms with Crippen molar-refractivity contribution >= 4 is 56.7 Å². The van der Waals surface area contributed by atoms with Gasteiger partial charge in [0.25, 0.3) is 0 Å². The summed E-state index contributed by atoms with van der Waals surface area (Å²) in [6.07, 6.45) is 0. The zero-order valence-electron chi connectivity index (χ0n) is 14.8. The molecule has 0 spiro atoms. The lowest BCUT2D eigenvalue weighted by molar-refractivity contribution is 0.0525. The highest BCUT2D eigenvalue weighted by Crippen LogP contribution is 2.38. The molecular formula is C21H15BrCl3NO2. The fraction of sp³-hybridized carbons (Fsp3) is 0.143. The first-order valence-electron chi connectivity index (χ1n) is 8.43. The number of rotatable bonds is 5. The maximum atomic E-state index is 12.5. The van der Waals surface area contributed by atoms with E-state index in [1.165, 1.54) is 0 Å². The summed E-state index contributed by atoms with van der Waals surface area (Å²) in [5.74, 6) is -0.432. The molecular weight excluding hydrogens is 484 g/mol. The van der Waals surface area contributed by atoms with Crippen molar-refractivity contribution in [3.8, 4) is 22.4 Å². The van der Waals surface area contributed by atoms with Crippen molar-refractivity contribution in [2.45, 2.75) is 12.3 Å². The Kier molecular flexibility index (Phi) is 7.00. The molecule has 0 N–H and O–H groups in total. The van der Waals surface area contributed by atoms with Crippen LogP contribution >= 0.6 is 50.7 Å². The van der Waals surface area contributed by atoms with Gasteiger partial charge in [0.2, 0.25) is 0 Å². The van der Waals surface area contributed by atoms with Crippen LogP contribution < -0.4 is 0 Å². The van der Waals surface area contributed by atoms with Crippen LogP contribution in [0.2, 0.25) is 15.1 Å². The number of pyridine rings is 1. The quantitative estimate of drug-likeness (QED) is 0.270. The van der Waals surface area contributed by atoms with Gasteiger partial charge in [0.1, 0.15) is 0 Å². The molecule has 0 unspecified atom stereocenters. The van der Waals surface area contributed by atoms with Crippen LogP contribution in [0.3, 0.4) is 0 Å². The first kappa shape index (κ1) is 21.1. The molecule has 0 aliphatic heterocycles. The number of aromatic nitrogens is 1. The van der Waals surface area contributed by atoms with Crippen LogP contribution in [0.25, 0.3) is 22.4 Å². The molecule has 0 radical (unpaired) electrons. The topological polar surface area (TPSA) is 39.2 Å². The number of hydrogen-bond acceptors (Lipinski definition) is 3. The minimum Gasteiger partial charge on any atom is -0.462 e. The van der Waals surface area contributed by atoms with Crippen LogP contribution in [0.4, 0.5) is 0 Å². The minimum atomic E-state index is -0.432. The third kappa shape index (κ3) is 4.52. The standard InChI is InChI=1S/C21H15BrCl3NO2/c1-2-28-21(27)17-10-16(15-8-7-14(24)9-18(15)25)20(26-19(17)11-22)12-3-5-13(23)6-4-12/h3-10H,2,11H2,1H3. The number of benzene rings is 2. The number of hydrogen-bond donors (Lipinski definition) is 0. The summed E-state index contributed by atoms with van der Waals surface area (Å²) in [4.78, 5) is 17.2. The molecule has 1 heterocycles. The SMILES string of the molecule is CCOC(=O)c1cc(-c2ccc(Cl)cc2Cl)c(-c2ccc(Cl)cc2)nc1CBr. The minimum absolute atomic E-state index is 0.274. The first-order chi connectivity index (χ1) is 13.4. The third-order valence-electron chi connectivity index (χ3n) is 4.06. The van der Waals surface area contributed by atoms with Crippen molar-refractivity contribution in [1.82, 2.24) is 4.98 Å². The molecule has 0 fully saturated rings. The first-order valence-corrected chi connectivity index (χ1v) is 10.7. The average Bonchev–Trinajstić information content (AvgIpc) is 2.68. The molecule has 3 aromatic rings. The fourth-order valence-corrected chi connectivity index (χ4v) is 3.84. The zero-order chi connectivity index (χ0) is 20.3. The van der Waals surface area contributed by atoms with Crippen LogP contribution in [-0.4, -0.2) is 17.6 Å². The summed E-state index contributed by atoms with van der Waals surface area (Å²) >= 11 is 22.0. The lowest BCUT2D eigenvalue weighted by atomic mass is 9.96. The van der Waals surface area contributed by atoms with Crippen LogP contribution in [0.15, 0.2) is 48.5 Å². The van der Waals surface area contributed by atoms with Crippen LogP contribution in [0.1, 0.15) is 23.0 Å². The molecule has 144 valence electrons. The van der Waals surface area contributed by atoms with Crippen molar-refractivity contribution in [2.24, 2.45) is 0 Å². The van der Waals surface area contributed by atoms with Gasteiger partial charge in [0.15, 0.2) is 0 Å². The number of nitrogens with zero attached hydrogens (tertiary/aromatic N) is 1. The molecule has 0 saturated heterocycles. The van der Waals surface area contributed by atoms with Gasteiger partial charge in [-0.05, 0) is 37.3 Å². The summed E-state index contributed by atoms with van der Waals surface area (Å²) in [5.41, 5.74) is 3.92. The fourth-order valence-electron chi connectivity index (χ4n) is 2.78. The van der Waals surface area contributed by atoms with E-state index in [-0.39, 0.29) is 6.61 Å². The van der Waals surface area contributed by atoms with Gasteiger partial charge in [-0.2, -0.15) is 0 Å². The maximum absolute atomic E-state index is 12.5. The predicted octanol–water partition coefficient (Wildman–Crippen LogP) is 7.45. The van der Waals surface area contributed by atoms with Crippen molar-refractivity contribution in [3.05, 3.63) is 74.9 Å². The Balaban J connectivity index is 2.30. The van der Waals surface area contributed by atoms with E-state index in [1.54, 1.807) is 37.3 Å². The summed E-state index contributed by atoms with van der Waals surface area (Å²) < 4.78 is 5.20. The Morgan fingerprint density at radius 3 is 2.29 bits per heavy atom. The Labute approximate surface area is 186 Å². The molecule has 0 saturated carbocycles. The largest absolute Gasteiger partial charge is 0.462 e. The molecule has 0 aliphatic rings. The van der Waals surface area contributed by atoms with Crippen molar-refractivity contribution in [1.29, 1.82) is 0 Å². The van der Waals surface area contributed by atoms with Gasteiger partial charge in [0.05, 0.1) is 23.6 Å². The molecule has 0 atom stereocenters.